The van der Waals surface area contributed by atoms with Gasteiger partial charge in [0.1, 0.15) is 6.04 Å². The molecule has 1 aliphatic rings. The van der Waals surface area contributed by atoms with Crippen molar-refractivity contribution in [1.29, 1.82) is 0 Å². The summed E-state index contributed by atoms with van der Waals surface area (Å²) in [4.78, 5) is 47.8. The van der Waals surface area contributed by atoms with Crippen molar-refractivity contribution >= 4 is 53.5 Å². The van der Waals surface area contributed by atoms with Crippen LogP contribution < -0.4 is 10.6 Å². The van der Waals surface area contributed by atoms with Gasteiger partial charge in [0.25, 0.3) is 0 Å². The van der Waals surface area contributed by atoms with E-state index in [4.69, 9.17) is 28.3 Å². The number of carbonyl (C=O) groups excluding carboxylic acids is 3. The molecule has 1 atom stereocenters. The maximum absolute atomic E-state index is 12.4. The highest BCUT2D eigenvalue weighted by Crippen LogP contribution is 2.26. The number of halogens is 2. The van der Waals surface area contributed by atoms with Gasteiger partial charge < -0.3 is 20.6 Å². The minimum absolute atomic E-state index is 0.196. The van der Waals surface area contributed by atoms with Crippen LogP contribution in [0.3, 0.4) is 0 Å². The number of hydrogen-bond donors (Lipinski definition) is 3. The second kappa shape index (κ2) is 10.8. The van der Waals surface area contributed by atoms with E-state index in [-0.39, 0.29) is 12.5 Å². The van der Waals surface area contributed by atoms with Gasteiger partial charge in [0.15, 0.2) is 0 Å². The lowest BCUT2D eigenvalue weighted by atomic mass is 9.95. The van der Waals surface area contributed by atoms with E-state index in [9.17, 15) is 19.2 Å². The molecule has 0 unspecified atom stereocenters. The Bertz CT molecular complexity index is 807. The third-order valence-electron chi connectivity index (χ3n) is 4.58. The third-order valence-corrected chi connectivity index (χ3v) is 5.42. The summed E-state index contributed by atoms with van der Waals surface area (Å²) in [6.07, 6.45) is 4.19. The number of nitrogens with zero attached hydrogens (tertiary/aromatic N) is 1. The Labute approximate surface area is 177 Å². The summed E-state index contributed by atoms with van der Waals surface area (Å²) in [6.45, 7) is 0.544. The van der Waals surface area contributed by atoms with Crippen molar-refractivity contribution in [1.82, 2.24) is 15.5 Å². The second-order valence-corrected chi connectivity index (χ2v) is 7.29. The maximum Gasteiger partial charge on any atom is 0.328 e. The number of carboxylic acids is 1. The van der Waals surface area contributed by atoms with Gasteiger partial charge >= 0.3 is 5.97 Å². The highest BCUT2D eigenvalue weighted by atomic mass is 35.5. The number of benzene rings is 1. The SMILES string of the molecule is O=CNC[C@H](NC(=O)C1CCN(C(=O)/C=C/c2cccc(Cl)c2Cl)CC1)C(=O)O. The molecule has 0 aromatic heterocycles. The van der Waals surface area contributed by atoms with Crippen LogP contribution in [0.5, 0.6) is 0 Å². The molecule has 1 heterocycles. The molecule has 8 nitrogen and oxygen atoms in total. The first-order valence-electron chi connectivity index (χ1n) is 8.94. The normalized spacial score (nSPS) is 15.7. The molecule has 10 heteroatoms. The van der Waals surface area contributed by atoms with E-state index in [1.54, 1.807) is 29.2 Å². The Balaban J connectivity index is 1.87. The lowest BCUT2D eigenvalue weighted by Crippen LogP contribution is -2.50. The number of aliphatic carboxylic acids is 1. The second-order valence-electron chi connectivity index (χ2n) is 6.50. The van der Waals surface area contributed by atoms with Crippen molar-refractivity contribution in [2.24, 2.45) is 5.92 Å². The smallest absolute Gasteiger partial charge is 0.328 e. The summed E-state index contributed by atoms with van der Waals surface area (Å²) in [6, 6.07) is 3.94. The Kier molecular flexibility index (Phi) is 8.48. The largest absolute Gasteiger partial charge is 0.480 e. The number of piperidine rings is 1. The van der Waals surface area contributed by atoms with Gasteiger partial charge in [0.05, 0.1) is 10.0 Å². The van der Waals surface area contributed by atoms with Crippen molar-refractivity contribution in [3.05, 3.63) is 39.9 Å². The van der Waals surface area contributed by atoms with Crippen molar-refractivity contribution in [2.45, 2.75) is 18.9 Å². The van der Waals surface area contributed by atoms with E-state index in [0.29, 0.717) is 47.9 Å². The number of likely N-dealkylation sites (tertiary alicyclic amines) is 1. The first-order valence-corrected chi connectivity index (χ1v) is 9.70. The van der Waals surface area contributed by atoms with Crippen molar-refractivity contribution < 1.29 is 24.3 Å². The zero-order valence-corrected chi connectivity index (χ0v) is 16.9. The first-order chi connectivity index (χ1) is 13.8. The fourth-order valence-corrected chi connectivity index (χ4v) is 3.30. The minimum Gasteiger partial charge on any atom is -0.480 e. The molecule has 3 amide bonds. The summed E-state index contributed by atoms with van der Waals surface area (Å²) in [5.74, 6) is -2.24. The van der Waals surface area contributed by atoms with Crippen LogP contribution in [-0.4, -0.2) is 59.9 Å². The van der Waals surface area contributed by atoms with Crippen LogP contribution in [0.2, 0.25) is 10.0 Å². The van der Waals surface area contributed by atoms with E-state index in [2.05, 4.69) is 10.6 Å². The van der Waals surface area contributed by atoms with Gasteiger partial charge in [-0.1, -0.05) is 35.3 Å². The van der Waals surface area contributed by atoms with Crippen LogP contribution in [-0.2, 0) is 19.2 Å². The standard InChI is InChI=1S/C19H21Cl2N3O5/c20-14-3-1-2-12(17(14)21)4-5-16(26)24-8-6-13(7-9-24)18(27)23-15(19(28)29)10-22-11-25/h1-5,11,13,15H,6-10H2,(H,22,25)(H,23,27)(H,28,29)/b5-4+/t15-/m0/s1. The highest BCUT2D eigenvalue weighted by molar-refractivity contribution is 6.42. The Morgan fingerprint density at radius 2 is 1.93 bits per heavy atom. The predicted octanol–water partition coefficient (Wildman–Crippen LogP) is 1.56. The van der Waals surface area contributed by atoms with Crippen LogP contribution in [0.15, 0.2) is 24.3 Å². The van der Waals surface area contributed by atoms with E-state index < -0.39 is 23.8 Å². The van der Waals surface area contributed by atoms with Gasteiger partial charge in [0.2, 0.25) is 18.2 Å². The van der Waals surface area contributed by atoms with Gasteiger partial charge in [-0.2, -0.15) is 0 Å². The molecular formula is C19H21Cl2N3O5. The minimum atomic E-state index is -1.23. The van der Waals surface area contributed by atoms with Crippen molar-refractivity contribution in [3.63, 3.8) is 0 Å². The topological polar surface area (TPSA) is 116 Å². The third kappa shape index (κ3) is 6.47. The van der Waals surface area contributed by atoms with Crippen molar-refractivity contribution in [2.75, 3.05) is 19.6 Å². The number of hydrogen-bond acceptors (Lipinski definition) is 4. The Morgan fingerprint density at radius 3 is 2.55 bits per heavy atom. The molecule has 0 aliphatic carbocycles. The van der Waals surface area contributed by atoms with E-state index in [1.165, 1.54) is 6.08 Å². The molecule has 1 fully saturated rings. The fourth-order valence-electron chi connectivity index (χ4n) is 2.93. The lowest BCUT2D eigenvalue weighted by Gasteiger charge is -2.31. The molecule has 0 radical (unpaired) electrons. The van der Waals surface area contributed by atoms with Gasteiger partial charge in [-0.3, -0.25) is 14.4 Å². The van der Waals surface area contributed by atoms with Gasteiger partial charge in [-0.05, 0) is 30.5 Å². The summed E-state index contributed by atoms with van der Waals surface area (Å²) < 4.78 is 0. The van der Waals surface area contributed by atoms with Gasteiger partial charge in [0, 0.05) is 31.6 Å². The molecule has 1 saturated heterocycles. The molecule has 1 aromatic rings. The predicted molar refractivity (Wildman–Crippen MR) is 108 cm³/mol. The number of nitrogens with one attached hydrogen (secondary N) is 2. The molecular weight excluding hydrogens is 421 g/mol. The van der Waals surface area contributed by atoms with Gasteiger partial charge in [-0.25, -0.2) is 4.79 Å². The lowest BCUT2D eigenvalue weighted by molar-refractivity contribution is -0.142. The Hall–Kier alpha value is -2.58. The van der Waals surface area contributed by atoms with Crippen LogP contribution in [0.4, 0.5) is 0 Å². The van der Waals surface area contributed by atoms with E-state index in [0.717, 1.165) is 0 Å². The van der Waals surface area contributed by atoms with Crippen molar-refractivity contribution in [3.8, 4) is 0 Å². The fraction of sp³-hybridized carbons (Fsp3) is 0.368. The molecule has 0 saturated carbocycles. The first kappa shape index (κ1) is 22.7. The molecule has 2 rings (SSSR count). The maximum atomic E-state index is 12.4. The number of rotatable bonds is 8. The van der Waals surface area contributed by atoms with Crippen LogP contribution >= 0.6 is 23.2 Å². The average Bonchev–Trinajstić information content (AvgIpc) is 2.71. The number of amides is 3. The molecule has 1 aliphatic heterocycles. The quantitative estimate of drug-likeness (QED) is 0.418. The van der Waals surface area contributed by atoms with Crippen LogP contribution in [0, 0.1) is 5.92 Å². The Morgan fingerprint density at radius 1 is 1.24 bits per heavy atom. The molecule has 0 bridgehead atoms. The summed E-state index contributed by atoms with van der Waals surface area (Å²) in [5.41, 5.74) is 0.630. The van der Waals surface area contributed by atoms with Crippen LogP contribution in [0.1, 0.15) is 18.4 Å². The monoisotopic (exact) mass is 441 g/mol. The van der Waals surface area contributed by atoms with Gasteiger partial charge in [-0.15, -0.1) is 0 Å². The summed E-state index contributed by atoms with van der Waals surface area (Å²) in [5, 5.41) is 14.5. The number of carboxylic acid groups (broad SMARTS) is 1. The summed E-state index contributed by atoms with van der Waals surface area (Å²) in [7, 11) is 0. The molecule has 3 N–H and O–H groups in total. The average molecular weight is 442 g/mol. The van der Waals surface area contributed by atoms with Crippen LogP contribution in [0.25, 0.3) is 6.08 Å². The number of carbonyl (C=O) groups is 4. The highest BCUT2D eigenvalue weighted by Gasteiger charge is 2.29. The van der Waals surface area contributed by atoms with E-state index >= 15 is 0 Å². The molecule has 1 aromatic carbocycles. The molecule has 0 spiro atoms. The summed E-state index contributed by atoms with van der Waals surface area (Å²) >= 11 is 12.0. The molecule has 156 valence electrons. The van der Waals surface area contributed by atoms with E-state index in [1.807, 2.05) is 0 Å². The zero-order valence-electron chi connectivity index (χ0n) is 15.4. The molecule has 29 heavy (non-hydrogen) atoms. The zero-order chi connectivity index (χ0) is 21.4.